The maximum absolute atomic E-state index is 11.9. The number of rotatable bonds is 1. The molecule has 1 aromatic rings. The Morgan fingerprint density at radius 1 is 1.55 bits per heavy atom. The third-order valence-corrected chi connectivity index (χ3v) is 1.84. The topological polar surface area (TPSA) is 30.0 Å². The molecule has 0 atom stereocenters. The van der Waals surface area contributed by atoms with Crippen LogP contribution in [-0.2, 0) is 6.18 Å². The van der Waals surface area contributed by atoms with Crippen molar-refractivity contribution in [3.8, 4) is 0 Å². The predicted octanol–water partition coefficient (Wildman–Crippen LogP) is 1.97. The summed E-state index contributed by atoms with van der Waals surface area (Å²) in [5.41, 5.74) is -0.400. The molecule has 0 aliphatic heterocycles. The van der Waals surface area contributed by atoms with Crippen molar-refractivity contribution in [3.05, 3.63) is 16.6 Å². The lowest BCUT2D eigenvalue weighted by molar-refractivity contribution is -0.134. The molecule has 0 fully saturated rings. The zero-order chi connectivity index (χ0) is 8.48. The van der Waals surface area contributed by atoms with Crippen LogP contribution in [0.1, 0.15) is 15.2 Å². The SMILES string of the molecule is O=Cc1cnsc1C(F)(F)F. The molecular weight excluding hydrogens is 179 g/mol. The van der Waals surface area contributed by atoms with Gasteiger partial charge in [0.15, 0.2) is 6.29 Å². The van der Waals surface area contributed by atoms with Crippen molar-refractivity contribution in [1.29, 1.82) is 0 Å². The van der Waals surface area contributed by atoms with Crippen molar-refractivity contribution in [2.75, 3.05) is 0 Å². The third-order valence-electron chi connectivity index (χ3n) is 0.982. The summed E-state index contributed by atoms with van der Waals surface area (Å²) in [5.74, 6) is 0. The van der Waals surface area contributed by atoms with Gasteiger partial charge >= 0.3 is 6.18 Å². The Kier molecular flexibility index (Phi) is 1.95. The average molecular weight is 181 g/mol. The van der Waals surface area contributed by atoms with E-state index in [9.17, 15) is 18.0 Å². The molecule has 1 aromatic heterocycles. The van der Waals surface area contributed by atoms with Crippen molar-refractivity contribution in [1.82, 2.24) is 4.37 Å². The van der Waals surface area contributed by atoms with Gasteiger partial charge < -0.3 is 0 Å². The average Bonchev–Trinajstić information content (AvgIpc) is 2.31. The molecule has 0 aliphatic carbocycles. The van der Waals surface area contributed by atoms with Gasteiger partial charge in [0.05, 0.1) is 11.8 Å². The fraction of sp³-hybridized carbons (Fsp3) is 0.200. The molecular formula is C5H2F3NOS. The number of halogens is 3. The van der Waals surface area contributed by atoms with Crippen LogP contribution in [0.2, 0.25) is 0 Å². The van der Waals surface area contributed by atoms with Crippen molar-refractivity contribution in [3.63, 3.8) is 0 Å². The Labute approximate surface area is 63.8 Å². The lowest BCUT2D eigenvalue weighted by atomic mass is 10.3. The standard InChI is InChI=1S/C5H2F3NOS/c6-5(7,8)4-3(2-10)1-9-11-4/h1-2H. The largest absolute Gasteiger partial charge is 0.427 e. The second-order valence-corrected chi connectivity index (χ2v) is 2.53. The molecule has 0 saturated carbocycles. The molecule has 1 rings (SSSR count). The van der Waals surface area contributed by atoms with Crippen molar-refractivity contribution >= 4 is 17.8 Å². The molecule has 60 valence electrons. The minimum Gasteiger partial charge on any atom is -0.298 e. The van der Waals surface area contributed by atoms with E-state index in [1.54, 1.807) is 0 Å². The third kappa shape index (κ3) is 1.56. The van der Waals surface area contributed by atoms with Crippen LogP contribution >= 0.6 is 11.5 Å². The molecule has 0 unspecified atom stereocenters. The zero-order valence-corrected chi connectivity index (χ0v) is 5.87. The van der Waals surface area contributed by atoms with E-state index in [0.29, 0.717) is 0 Å². The molecule has 1 heterocycles. The fourth-order valence-corrected chi connectivity index (χ4v) is 1.13. The second kappa shape index (κ2) is 2.61. The van der Waals surface area contributed by atoms with Crippen LogP contribution in [0.4, 0.5) is 13.2 Å². The Bertz CT molecular complexity index is 267. The molecule has 0 radical (unpaired) electrons. The van der Waals surface area contributed by atoms with E-state index in [4.69, 9.17) is 0 Å². The predicted molar refractivity (Wildman–Crippen MR) is 32.5 cm³/mol. The van der Waals surface area contributed by atoms with Gasteiger partial charge in [0.1, 0.15) is 4.88 Å². The summed E-state index contributed by atoms with van der Waals surface area (Å²) < 4.78 is 38.9. The molecule has 0 amide bonds. The number of carbonyl (C=O) groups is 1. The first-order valence-corrected chi connectivity index (χ1v) is 3.30. The monoisotopic (exact) mass is 181 g/mol. The Hall–Kier alpha value is -0.910. The van der Waals surface area contributed by atoms with Crippen molar-refractivity contribution in [2.24, 2.45) is 0 Å². The van der Waals surface area contributed by atoms with Crippen LogP contribution in [0.5, 0.6) is 0 Å². The smallest absolute Gasteiger partial charge is 0.298 e. The van der Waals surface area contributed by atoms with Gasteiger partial charge in [0.25, 0.3) is 0 Å². The molecule has 0 saturated heterocycles. The summed E-state index contributed by atoms with van der Waals surface area (Å²) >= 11 is 0.275. The molecule has 0 aliphatic rings. The molecule has 0 aromatic carbocycles. The van der Waals surface area contributed by atoms with E-state index in [0.717, 1.165) is 6.20 Å². The highest BCUT2D eigenvalue weighted by molar-refractivity contribution is 7.06. The van der Waals surface area contributed by atoms with E-state index in [2.05, 4.69) is 4.37 Å². The van der Waals surface area contributed by atoms with Crippen LogP contribution in [0, 0.1) is 0 Å². The van der Waals surface area contributed by atoms with Crippen LogP contribution < -0.4 is 0 Å². The lowest BCUT2D eigenvalue weighted by Gasteiger charge is -2.01. The Morgan fingerprint density at radius 3 is 2.55 bits per heavy atom. The van der Waals surface area contributed by atoms with E-state index in [1.165, 1.54) is 0 Å². The first-order valence-electron chi connectivity index (χ1n) is 2.52. The molecule has 0 bridgehead atoms. The second-order valence-electron chi connectivity index (χ2n) is 1.73. The van der Waals surface area contributed by atoms with Crippen molar-refractivity contribution in [2.45, 2.75) is 6.18 Å². The van der Waals surface area contributed by atoms with Gasteiger partial charge in [-0.15, -0.1) is 0 Å². The highest BCUT2D eigenvalue weighted by Crippen LogP contribution is 2.33. The minimum atomic E-state index is -4.46. The van der Waals surface area contributed by atoms with Crippen molar-refractivity contribution < 1.29 is 18.0 Å². The van der Waals surface area contributed by atoms with E-state index < -0.39 is 16.6 Å². The summed E-state index contributed by atoms with van der Waals surface area (Å²) in [4.78, 5) is 9.06. The lowest BCUT2D eigenvalue weighted by Crippen LogP contribution is -2.04. The number of carbonyl (C=O) groups excluding carboxylic acids is 1. The number of aromatic nitrogens is 1. The van der Waals surface area contributed by atoms with Gasteiger partial charge in [0, 0.05) is 0 Å². The molecule has 11 heavy (non-hydrogen) atoms. The molecule has 0 N–H and O–H groups in total. The summed E-state index contributed by atoms with van der Waals surface area (Å²) in [6.07, 6.45) is -3.41. The zero-order valence-electron chi connectivity index (χ0n) is 5.05. The maximum Gasteiger partial charge on any atom is 0.427 e. The number of nitrogens with zero attached hydrogens (tertiary/aromatic N) is 1. The van der Waals surface area contributed by atoms with Crippen LogP contribution in [0.25, 0.3) is 0 Å². The molecule has 2 nitrogen and oxygen atoms in total. The normalized spacial score (nSPS) is 11.5. The van der Waals surface area contributed by atoms with E-state index in [1.807, 2.05) is 0 Å². The maximum atomic E-state index is 11.9. The van der Waals surface area contributed by atoms with Gasteiger partial charge in [0.2, 0.25) is 0 Å². The molecule has 0 spiro atoms. The Morgan fingerprint density at radius 2 is 2.18 bits per heavy atom. The van der Waals surface area contributed by atoms with Gasteiger partial charge in [-0.05, 0) is 11.5 Å². The molecule has 6 heteroatoms. The van der Waals surface area contributed by atoms with Crippen LogP contribution in [0.15, 0.2) is 6.20 Å². The first-order chi connectivity index (χ1) is 5.05. The summed E-state index contributed by atoms with van der Waals surface area (Å²) in [6.45, 7) is 0. The highest BCUT2D eigenvalue weighted by Gasteiger charge is 2.35. The van der Waals surface area contributed by atoms with Gasteiger partial charge in [-0.3, -0.25) is 4.79 Å². The summed E-state index contributed by atoms with van der Waals surface area (Å²) in [7, 11) is 0. The van der Waals surface area contributed by atoms with Gasteiger partial charge in [-0.1, -0.05) is 0 Å². The van der Waals surface area contributed by atoms with E-state index >= 15 is 0 Å². The minimum absolute atomic E-state index is 0.145. The van der Waals surface area contributed by atoms with Crippen LogP contribution in [0.3, 0.4) is 0 Å². The van der Waals surface area contributed by atoms with Crippen LogP contribution in [-0.4, -0.2) is 10.7 Å². The summed E-state index contributed by atoms with van der Waals surface area (Å²) in [6, 6.07) is 0. The van der Waals surface area contributed by atoms with E-state index in [-0.39, 0.29) is 17.8 Å². The summed E-state index contributed by atoms with van der Waals surface area (Å²) in [5, 5.41) is 0. The quantitative estimate of drug-likeness (QED) is 0.620. The van der Waals surface area contributed by atoms with Gasteiger partial charge in [-0.2, -0.15) is 17.5 Å². The Balaban J connectivity index is 3.12. The number of alkyl halides is 3. The first kappa shape index (κ1) is 8.19. The number of hydrogen-bond donors (Lipinski definition) is 0. The number of hydrogen-bond acceptors (Lipinski definition) is 3. The fourth-order valence-electron chi connectivity index (χ4n) is 0.547. The number of aldehydes is 1. The highest BCUT2D eigenvalue weighted by atomic mass is 32.1. The van der Waals surface area contributed by atoms with Gasteiger partial charge in [-0.25, -0.2) is 0 Å².